The first-order valence-electron chi connectivity index (χ1n) is 1.67. The molecular weight excluding hydrogens is 187 g/mol. The maximum Gasteiger partial charge on any atom is 0.00506 e. The molecule has 1 aliphatic carbocycles. The van der Waals surface area contributed by atoms with Crippen LogP contribution in [0.25, 0.3) is 0 Å². The second-order valence-corrected chi connectivity index (χ2v) is 0.962. The Hall–Kier alpha value is 0.653. The minimum Gasteiger partial charge on any atom is -0.147 e. The summed E-state index contributed by atoms with van der Waals surface area (Å²) in [6, 6.07) is 0. The summed E-state index contributed by atoms with van der Waals surface area (Å²) in [5.41, 5.74) is 0. The molecule has 0 saturated heterocycles. The number of hydrogen-bond donors (Lipinski definition) is 0. The van der Waals surface area contributed by atoms with Gasteiger partial charge in [-0.1, -0.05) is 24.3 Å². The molecule has 0 aromatic heterocycles. The Morgan fingerprint density at radius 2 is 1.14 bits per heavy atom. The van der Waals surface area contributed by atoms with Crippen molar-refractivity contribution in [3.63, 3.8) is 0 Å². The van der Waals surface area contributed by atoms with E-state index in [0.717, 1.165) is 0 Å². The van der Waals surface area contributed by atoms with Crippen molar-refractivity contribution >= 4 is 12.4 Å². The van der Waals surface area contributed by atoms with Crippen molar-refractivity contribution in [2.45, 2.75) is 0 Å². The molecule has 0 fully saturated rings. The van der Waals surface area contributed by atoms with E-state index in [1.54, 1.807) is 0 Å². The summed E-state index contributed by atoms with van der Waals surface area (Å²) in [5.74, 6) is 0. The van der Waals surface area contributed by atoms with Crippen molar-refractivity contribution < 1.29 is 26.2 Å². The minimum atomic E-state index is 0. The summed E-state index contributed by atoms with van der Waals surface area (Å²) in [6.45, 7) is 0. The number of rotatable bonds is 0. The van der Waals surface area contributed by atoms with Gasteiger partial charge in [-0.15, -0.1) is 12.4 Å². The summed E-state index contributed by atoms with van der Waals surface area (Å²) in [6.07, 6.45) is 10.0. The SMILES string of the molecule is Cl.[CH]1C=CC=C1.[Zr]. The predicted octanol–water partition coefficient (Wildman–Crippen LogP) is 1.74. The molecule has 0 amide bonds. The normalized spacial score (nSPS) is 12.6. The average Bonchev–Trinajstić information content (AvgIpc) is 1.76. The molecule has 1 radical (unpaired) electrons. The molecule has 0 aromatic carbocycles. The van der Waals surface area contributed by atoms with Crippen molar-refractivity contribution in [2.24, 2.45) is 0 Å². The molecule has 37 valence electrons. The number of hydrogen-bond acceptors (Lipinski definition) is 0. The van der Waals surface area contributed by atoms with E-state index >= 15 is 0 Å². The molecule has 0 aliphatic heterocycles. The number of allylic oxidation sites excluding steroid dienone is 4. The molecule has 1 aliphatic rings. The zero-order chi connectivity index (χ0) is 3.54. The third kappa shape index (κ3) is 4.51. The first-order valence-corrected chi connectivity index (χ1v) is 1.67. The van der Waals surface area contributed by atoms with Crippen LogP contribution in [0.15, 0.2) is 24.3 Å². The predicted molar refractivity (Wildman–Crippen MR) is 29.8 cm³/mol. The van der Waals surface area contributed by atoms with Crippen LogP contribution in [0.4, 0.5) is 0 Å². The van der Waals surface area contributed by atoms with Gasteiger partial charge in [0.1, 0.15) is 0 Å². The molecule has 0 N–H and O–H groups in total. The van der Waals surface area contributed by atoms with Gasteiger partial charge in [0.05, 0.1) is 0 Å². The molecule has 7 heavy (non-hydrogen) atoms. The standard InChI is InChI=1S/C5H5.ClH.Zr/c1-2-4-5-3-1;;/h1-5H;1H;. The van der Waals surface area contributed by atoms with E-state index < -0.39 is 0 Å². The Labute approximate surface area is 69.2 Å². The Bertz CT molecular complexity index is 66.1. The van der Waals surface area contributed by atoms with Crippen LogP contribution in [-0.2, 0) is 26.2 Å². The van der Waals surface area contributed by atoms with Gasteiger partial charge >= 0.3 is 0 Å². The van der Waals surface area contributed by atoms with E-state index in [1.165, 1.54) is 0 Å². The van der Waals surface area contributed by atoms with Crippen LogP contribution >= 0.6 is 12.4 Å². The van der Waals surface area contributed by atoms with E-state index in [0.29, 0.717) is 0 Å². The number of halogens is 1. The molecule has 2 heteroatoms. The first-order chi connectivity index (χ1) is 2.50. The minimum absolute atomic E-state index is 0. The summed E-state index contributed by atoms with van der Waals surface area (Å²) in [4.78, 5) is 0. The molecule has 0 aromatic rings. The van der Waals surface area contributed by atoms with Gasteiger partial charge in [0, 0.05) is 32.6 Å². The van der Waals surface area contributed by atoms with Crippen LogP contribution in [0.5, 0.6) is 0 Å². The quantitative estimate of drug-likeness (QED) is 0.549. The van der Waals surface area contributed by atoms with E-state index in [-0.39, 0.29) is 38.6 Å². The summed E-state index contributed by atoms with van der Waals surface area (Å²) < 4.78 is 0. The zero-order valence-electron chi connectivity index (χ0n) is 3.79. The molecule has 0 saturated carbocycles. The van der Waals surface area contributed by atoms with Gasteiger partial charge in [0.2, 0.25) is 0 Å². The van der Waals surface area contributed by atoms with Gasteiger partial charge in [0.15, 0.2) is 0 Å². The third-order valence-electron chi connectivity index (χ3n) is 0.556. The van der Waals surface area contributed by atoms with Crippen molar-refractivity contribution in [1.82, 2.24) is 0 Å². The topological polar surface area (TPSA) is 0 Å². The largest absolute Gasteiger partial charge is 0.147 e. The van der Waals surface area contributed by atoms with Crippen LogP contribution in [0, 0.1) is 6.42 Å². The van der Waals surface area contributed by atoms with Crippen LogP contribution in [0.2, 0.25) is 0 Å². The Morgan fingerprint density at radius 1 is 0.714 bits per heavy atom. The van der Waals surface area contributed by atoms with Crippen molar-refractivity contribution in [3.8, 4) is 0 Å². The Morgan fingerprint density at radius 3 is 1.29 bits per heavy atom. The van der Waals surface area contributed by atoms with Crippen LogP contribution < -0.4 is 0 Å². The molecule has 0 unspecified atom stereocenters. The maximum absolute atomic E-state index is 2.00. The van der Waals surface area contributed by atoms with Gasteiger partial charge in [-0.3, -0.25) is 0 Å². The fourth-order valence-corrected chi connectivity index (χ4v) is 0.321. The van der Waals surface area contributed by atoms with E-state index in [4.69, 9.17) is 0 Å². The first kappa shape index (κ1) is 10.6. The van der Waals surface area contributed by atoms with Crippen molar-refractivity contribution in [3.05, 3.63) is 30.7 Å². The summed E-state index contributed by atoms with van der Waals surface area (Å²) in [5, 5.41) is 0. The Kier molecular flexibility index (Phi) is 10.1. The van der Waals surface area contributed by atoms with Gasteiger partial charge < -0.3 is 0 Å². The van der Waals surface area contributed by atoms with Gasteiger partial charge in [-0.2, -0.15) is 0 Å². The average molecular weight is 193 g/mol. The van der Waals surface area contributed by atoms with Crippen molar-refractivity contribution in [1.29, 1.82) is 0 Å². The van der Waals surface area contributed by atoms with E-state index in [9.17, 15) is 0 Å². The summed E-state index contributed by atoms with van der Waals surface area (Å²) >= 11 is 0. The van der Waals surface area contributed by atoms with Gasteiger partial charge in [0.25, 0.3) is 0 Å². The smallest absolute Gasteiger partial charge is 0.00506 e. The second kappa shape index (κ2) is 6.65. The van der Waals surface area contributed by atoms with Gasteiger partial charge in [-0.05, 0) is 0 Å². The molecule has 0 nitrogen and oxygen atoms in total. The molecular formula is C5H6ClZr. The molecule has 0 atom stereocenters. The maximum atomic E-state index is 2.00. The Balaban J connectivity index is 0. The fraction of sp³-hybridized carbons (Fsp3) is 0. The fourth-order valence-electron chi connectivity index (χ4n) is 0.321. The van der Waals surface area contributed by atoms with Crippen LogP contribution in [0.1, 0.15) is 0 Å². The van der Waals surface area contributed by atoms with E-state index in [2.05, 4.69) is 0 Å². The van der Waals surface area contributed by atoms with Gasteiger partial charge in [-0.25, -0.2) is 0 Å². The zero-order valence-corrected chi connectivity index (χ0v) is 7.07. The molecule has 1 rings (SSSR count). The second-order valence-electron chi connectivity index (χ2n) is 0.962. The van der Waals surface area contributed by atoms with Crippen LogP contribution in [-0.4, -0.2) is 0 Å². The monoisotopic (exact) mass is 191 g/mol. The van der Waals surface area contributed by atoms with E-state index in [1.807, 2.05) is 30.7 Å². The molecule has 0 heterocycles. The third-order valence-corrected chi connectivity index (χ3v) is 0.556. The molecule has 0 spiro atoms. The van der Waals surface area contributed by atoms with Crippen LogP contribution in [0.3, 0.4) is 0 Å². The summed E-state index contributed by atoms with van der Waals surface area (Å²) in [7, 11) is 0. The van der Waals surface area contributed by atoms with Crippen molar-refractivity contribution in [2.75, 3.05) is 0 Å². The molecule has 0 bridgehead atoms.